The maximum absolute atomic E-state index is 11.9. The number of rotatable bonds is 4. The van der Waals surface area contributed by atoms with Crippen LogP contribution in [0.25, 0.3) is 0 Å². The van der Waals surface area contributed by atoms with Gasteiger partial charge in [-0.3, -0.25) is 4.79 Å². The zero-order chi connectivity index (χ0) is 14.5. The van der Waals surface area contributed by atoms with E-state index in [4.69, 9.17) is 5.11 Å². The number of aryl methyl sites for hydroxylation is 1. The Hall–Kier alpha value is -2.04. The van der Waals surface area contributed by atoms with E-state index >= 15 is 0 Å². The number of aliphatic carboxylic acids is 1. The minimum atomic E-state index is -0.916. The lowest BCUT2D eigenvalue weighted by molar-refractivity contribution is -0.137. The molecule has 5 nitrogen and oxygen atoms in total. The second kappa shape index (κ2) is 6.41. The molecule has 3 N–H and O–H groups in total. The lowest BCUT2D eigenvalue weighted by Crippen LogP contribution is -2.43. The molecule has 5 heteroatoms. The Morgan fingerprint density at radius 1 is 1.40 bits per heavy atom. The van der Waals surface area contributed by atoms with Crippen LogP contribution in [0, 0.1) is 0 Å². The molecule has 0 saturated carbocycles. The Balaban J connectivity index is 1.94. The molecule has 1 aromatic carbocycles. The fraction of sp³-hybridized carbons (Fsp3) is 0.467. The molecule has 1 aliphatic carbocycles. The van der Waals surface area contributed by atoms with Crippen LogP contribution in [-0.2, 0) is 11.2 Å². The van der Waals surface area contributed by atoms with Gasteiger partial charge in [0, 0.05) is 6.04 Å². The van der Waals surface area contributed by atoms with E-state index in [9.17, 15) is 9.59 Å². The third kappa shape index (κ3) is 3.73. The summed E-state index contributed by atoms with van der Waals surface area (Å²) < 4.78 is 0. The largest absolute Gasteiger partial charge is 0.481 e. The Morgan fingerprint density at radius 2 is 2.15 bits per heavy atom. The second-order valence-electron chi connectivity index (χ2n) is 5.26. The third-order valence-electron chi connectivity index (χ3n) is 3.53. The fourth-order valence-electron chi connectivity index (χ4n) is 2.64. The van der Waals surface area contributed by atoms with Crippen LogP contribution >= 0.6 is 0 Å². The van der Waals surface area contributed by atoms with Gasteiger partial charge in [0.2, 0.25) is 0 Å². The fourth-order valence-corrected chi connectivity index (χ4v) is 2.64. The third-order valence-corrected chi connectivity index (χ3v) is 3.53. The number of fused-ring (bicyclic) bond motifs is 1. The molecule has 2 atom stereocenters. The van der Waals surface area contributed by atoms with Gasteiger partial charge in [0.1, 0.15) is 0 Å². The Kier molecular flexibility index (Phi) is 4.61. The first-order valence-corrected chi connectivity index (χ1v) is 6.93. The molecular weight excluding hydrogens is 256 g/mol. The molecular formula is C15H20N2O3. The first kappa shape index (κ1) is 14.4. The topological polar surface area (TPSA) is 78.4 Å². The molecule has 2 rings (SSSR count). The second-order valence-corrected chi connectivity index (χ2v) is 5.26. The van der Waals surface area contributed by atoms with Crippen molar-refractivity contribution in [2.75, 3.05) is 0 Å². The summed E-state index contributed by atoms with van der Waals surface area (Å²) in [4.78, 5) is 22.5. The van der Waals surface area contributed by atoms with Crippen LogP contribution in [0.1, 0.15) is 43.4 Å². The number of hydrogen-bond acceptors (Lipinski definition) is 2. The van der Waals surface area contributed by atoms with Gasteiger partial charge in [0.25, 0.3) is 0 Å². The molecule has 0 aromatic heterocycles. The van der Waals surface area contributed by atoms with E-state index in [1.54, 1.807) is 6.92 Å². The van der Waals surface area contributed by atoms with Gasteiger partial charge >= 0.3 is 12.0 Å². The van der Waals surface area contributed by atoms with Gasteiger partial charge in [-0.25, -0.2) is 4.79 Å². The zero-order valence-corrected chi connectivity index (χ0v) is 11.6. The van der Waals surface area contributed by atoms with Crippen LogP contribution in [0.15, 0.2) is 24.3 Å². The predicted molar refractivity (Wildman–Crippen MR) is 75.5 cm³/mol. The van der Waals surface area contributed by atoms with Crippen LogP contribution in [-0.4, -0.2) is 23.1 Å². The van der Waals surface area contributed by atoms with Crippen molar-refractivity contribution in [3.63, 3.8) is 0 Å². The number of amides is 2. The molecule has 0 saturated heterocycles. The molecule has 1 aromatic rings. The minimum Gasteiger partial charge on any atom is -0.481 e. The molecule has 0 aliphatic heterocycles. The summed E-state index contributed by atoms with van der Waals surface area (Å²) in [5, 5.41) is 14.3. The number of hydrogen-bond donors (Lipinski definition) is 3. The molecule has 108 valence electrons. The molecule has 2 unspecified atom stereocenters. The van der Waals surface area contributed by atoms with E-state index in [0.29, 0.717) is 0 Å². The minimum absolute atomic E-state index is 0.0111. The number of carboxylic acids is 1. The van der Waals surface area contributed by atoms with Crippen molar-refractivity contribution in [2.24, 2.45) is 0 Å². The summed E-state index contributed by atoms with van der Waals surface area (Å²) in [6, 6.07) is 7.44. The Bertz CT molecular complexity index is 502. The standard InChI is InChI=1S/C15H20N2O3/c1-10(9-14(18)19)16-15(20)17-13-8-4-6-11-5-2-3-7-12(11)13/h2-3,5,7,10,13H,4,6,8-9H2,1H3,(H,18,19)(H2,16,17,20). The normalized spacial score (nSPS) is 18.8. The highest BCUT2D eigenvalue weighted by atomic mass is 16.4. The molecule has 0 fully saturated rings. The smallest absolute Gasteiger partial charge is 0.315 e. The SMILES string of the molecule is CC(CC(=O)O)NC(=O)NC1CCCc2ccccc21. The highest BCUT2D eigenvalue weighted by molar-refractivity contribution is 5.76. The number of carboxylic acid groups (broad SMARTS) is 1. The average molecular weight is 276 g/mol. The summed E-state index contributed by atoms with van der Waals surface area (Å²) in [5.74, 6) is -0.916. The summed E-state index contributed by atoms with van der Waals surface area (Å²) in [6.45, 7) is 1.68. The van der Waals surface area contributed by atoms with Crippen molar-refractivity contribution in [3.8, 4) is 0 Å². The summed E-state index contributed by atoms with van der Waals surface area (Å²) in [6.07, 6.45) is 2.93. The molecule has 0 heterocycles. The van der Waals surface area contributed by atoms with E-state index in [1.165, 1.54) is 11.1 Å². The van der Waals surface area contributed by atoms with Crippen molar-refractivity contribution >= 4 is 12.0 Å². The Labute approximate surface area is 118 Å². The van der Waals surface area contributed by atoms with Crippen LogP contribution < -0.4 is 10.6 Å². The molecule has 20 heavy (non-hydrogen) atoms. The van der Waals surface area contributed by atoms with E-state index in [1.807, 2.05) is 18.2 Å². The summed E-state index contributed by atoms with van der Waals surface area (Å²) in [5.41, 5.74) is 2.45. The molecule has 0 radical (unpaired) electrons. The summed E-state index contributed by atoms with van der Waals surface area (Å²) in [7, 11) is 0. The van der Waals surface area contributed by atoms with Gasteiger partial charge in [-0.2, -0.15) is 0 Å². The average Bonchev–Trinajstić information content (AvgIpc) is 2.38. The van der Waals surface area contributed by atoms with E-state index in [0.717, 1.165) is 19.3 Å². The summed E-state index contributed by atoms with van der Waals surface area (Å²) >= 11 is 0. The monoisotopic (exact) mass is 276 g/mol. The van der Waals surface area contributed by atoms with Gasteiger partial charge in [-0.05, 0) is 37.3 Å². The molecule has 1 aliphatic rings. The molecule has 2 amide bonds. The van der Waals surface area contributed by atoms with E-state index < -0.39 is 5.97 Å². The van der Waals surface area contributed by atoms with Crippen LogP contribution in [0.4, 0.5) is 4.79 Å². The first-order valence-electron chi connectivity index (χ1n) is 6.93. The highest BCUT2D eigenvalue weighted by Crippen LogP contribution is 2.29. The maximum Gasteiger partial charge on any atom is 0.315 e. The lowest BCUT2D eigenvalue weighted by atomic mass is 9.88. The van der Waals surface area contributed by atoms with E-state index in [-0.39, 0.29) is 24.5 Å². The van der Waals surface area contributed by atoms with Crippen LogP contribution in [0.2, 0.25) is 0 Å². The highest BCUT2D eigenvalue weighted by Gasteiger charge is 2.22. The van der Waals surface area contributed by atoms with Gasteiger partial charge in [0.15, 0.2) is 0 Å². The first-order chi connectivity index (χ1) is 9.56. The van der Waals surface area contributed by atoms with Gasteiger partial charge < -0.3 is 15.7 Å². The van der Waals surface area contributed by atoms with Crippen molar-refractivity contribution in [2.45, 2.75) is 44.7 Å². The quantitative estimate of drug-likeness (QED) is 0.789. The van der Waals surface area contributed by atoms with Crippen LogP contribution in [0.5, 0.6) is 0 Å². The van der Waals surface area contributed by atoms with Crippen molar-refractivity contribution < 1.29 is 14.7 Å². The number of carbonyl (C=O) groups excluding carboxylic acids is 1. The van der Waals surface area contributed by atoms with Gasteiger partial charge in [0.05, 0.1) is 12.5 Å². The molecule has 0 spiro atoms. The Morgan fingerprint density at radius 3 is 2.90 bits per heavy atom. The molecule has 0 bridgehead atoms. The number of benzene rings is 1. The predicted octanol–water partition coefficient (Wildman–Crippen LogP) is 2.23. The van der Waals surface area contributed by atoms with Crippen molar-refractivity contribution in [1.29, 1.82) is 0 Å². The van der Waals surface area contributed by atoms with E-state index in [2.05, 4.69) is 16.7 Å². The lowest BCUT2D eigenvalue weighted by Gasteiger charge is -2.27. The van der Waals surface area contributed by atoms with Gasteiger partial charge in [-0.1, -0.05) is 24.3 Å². The zero-order valence-electron chi connectivity index (χ0n) is 11.6. The van der Waals surface area contributed by atoms with Gasteiger partial charge in [-0.15, -0.1) is 0 Å². The van der Waals surface area contributed by atoms with Crippen molar-refractivity contribution in [1.82, 2.24) is 10.6 Å². The number of urea groups is 1. The van der Waals surface area contributed by atoms with Crippen molar-refractivity contribution in [3.05, 3.63) is 35.4 Å². The number of carbonyl (C=O) groups is 2. The number of nitrogens with one attached hydrogen (secondary N) is 2. The van der Waals surface area contributed by atoms with Crippen LogP contribution in [0.3, 0.4) is 0 Å². The maximum atomic E-state index is 11.9.